The molecule has 0 saturated heterocycles. The molecule has 0 aliphatic heterocycles. The second kappa shape index (κ2) is 9.94. The normalized spacial score (nSPS) is 13.9. The fourth-order valence-corrected chi connectivity index (χ4v) is 2.23. The predicted molar refractivity (Wildman–Crippen MR) is 79.3 cm³/mol. The van der Waals surface area contributed by atoms with E-state index in [0.29, 0.717) is 11.5 Å². The van der Waals surface area contributed by atoms with Crippen molar-refractivity contribution in [3.8, 4) is 0 Å². The summed E-state index contributed by atoms with van der Waals surface area (Å²) in [6.07, 6.45) is 13.3. The minimum atomic E-state index is 0.448. The third kappa shape index (κ3) is 13.9. The Kier molecular flexibility index (Phi) is 9.91. The molecule has 1 nitrogen and oxygen atoms in total. The molecular weight excluding hydrogens is 206 g/mol. The molecule has 1 heteroatoms. The molecule has 0 rings (SSSR count). The molecule has 0 aromatic heterocycles. The Morgan fingerprint density at radius 3 is 1.94 bits per heavy atom. The summed E-state index contributed by atoms with van der Waals surface area (Å²) in [6.45, 7) is 9.20. The summed E-state index contributed by atoms with van der Waals surface area (Å²) in [7, 11) is 0. The highest BCUT2D eigenvalue weighted by Gasteiger charge is 2.10. The van der Waals surface area contributed by atoms with Crippen LogP contribution in [0.1, 0.15) is 91.9 Å². The van der Waals surface area contributed by atoms with Gasteiger partial charge in [0, 0.05) is 6.04 Å². The van der Waals surface area contributed by atoms with Crippen molar-refractivity contribution in [3.63, 3.8) is 0 Å². The second-order valence-electron chi connectivity index (χ2n) is 6.77. The van der Waals surface area contributed by atoms with Gasteiger partial charge in [-0.3, -0.25) is 0 Å². The van der Waals surface area contributed by atoms with E-state index in [1.807, 2.05) is 0 Å². The molecule has 1 atom stereocenters. The lowest BCUT2D eigenvalue weighted by atomic mass is 9.88. The van der Waals surface area contributed by atoms with Crippen LogP contribution in [-0.4, -0.2) is 6.04 Å². The Morgan fingerprint density at radius 2 is 1.35 bits per heavy atom. The van der Waals surface area contributed by atoms with Crippen LogP contribution in [0.5, 0.6) is 0 Å². The van der Waals surface area contributed by atoms with E-state index in [-0.39, 0.29) is 0 Å². The lowest BCUT2D eigenvalue weighted by molar-refractivity contribution is 0.348. The molecule has 0 spiro atoms. The van der Waals surface area contributed by atoms with Crippen molar-refractivity contribution < 1.29 is 0 Å². The molecule has 0 fully saturated rings. The van der Waals surface area contributed by atoms with Gasteiger partial charge in [-0.05, 0) is 24.7 Å². The first kappa shape index (κ1) is 17.0. The van der Waals surface area contributed by atoms with E-state index in [2.05, 4.69) is 27.7 Å². The number of rotatable bonds is 10. The van der Waals surface area contributed by atoms with Crippen molar-refractivity contribution in [2.75, 3.05) is 0 Å². The average molecular weight is 241 g/mol. The Morgan fingerprint density at radius 1 is 0.824 bits per heavy atom. The van der Waals surface area contributed by atoms with Gasteiger partial charge in [0.1, 0.15) is 0 Å². The first-order valence-electron chi connectivity index (χ1n) is 7.71. The molecule has 104 valence electrons. The molecular formula is C16H35N. The summed E-state index contributed by atoms with van der Waals surface area (Å²) in [5, 5.41) is 0. The van der Waals surface area contributed by atoms with Crippen LogP contribution in [0.3, 0.4) is 0 Å². The monoisotopic (exact) mass is 241 g/mol. The highest BCUT2D eigenvalue weighted by molar-refractivity contribution is 4.66. The van der Waals surface area contributed by atoms with E-state index >= 15 is 0 Å². The molecule has 0 bridgehead atoms. The van der Waals surface area contributed by atoms with Crippen LogP contribution in [0.4, 0.5) is 0 Å². The van der Waals surface area contributed by atoms with Crippen LogP contribution < -0.4 is 5.73 Å². The summed E-state index contributed by atoms with van der Waals surface area (Å²) in [5.41, 5.74) is 6.62. The van der Waals surface area contributed by atoms with E-state index < -0.39 is 0 Å². The maximum absolute atomic E-state index is 6.14. The second-order valence-corrected chi connectivity index (χ2v) is 6.77. The lowest BCUT2D eigenvalue weighted by Crippen LogP contribution is -2.20. The average Bonchev–Trinajstić information content (AvgIpc) is 2.21. The number of unbranched alkanes of at least 4 members (excludes halogenated alkanes) is 5. The third-order valence-electron chi connectivity index (χ3n) is 3.43. The van der Waals surface area contributed by atoms with Crippen molar-refractivity contribution in [1.82, 2.24) is 0 Å². The molecule has 0 radical (unpaired) electrons. The van der Waals surface area contributed by atoms with Crippen LogP contribution in [0.25, 0.3) is 0 Å². The molecule has 0 aliphatic rings. The summed E-state index contributed by atoms with van der Waals surface area (Å²) >= 11 is 0. The van der Waals surface area contributed by atoms with Crippen LogP contribution in [-0.2, 0) is 0 Å². The van der Waals surface area contributed by atoms with Gasteiger partial charge in [0.2, 0.25) is 0 Å². The fraction of sp³-hybridized carbons (Fsp3) is 1.00. The van der Waals surface area contributed by atoms with Gasteiger partial charge in [0.25, 0.3) is 0 Å². The smallest absolute Gasteiger partial charge is 0.00388 e. The van der Waals surface area contributed by atoms with Crippen molar-refractivity contribution in [1.29, 1.82) is 0 Å². The van der Waals surface area contributed by atoms with Gasteiger partial charge in [-0.15, -0.1) is 0 Å². The quantitative estimate of drug-likeness (QED) is 0.517. The molecule has 0 aromatic rings. The molecule has 1 unspecified atom stereocenters. The maximum atomic E-state index is 6.14. The van der Waals surface area contributed by atoms with Crippen molar-refractivity contribution in [2.45, 2.75) is 97.9 Å². The van der Waals surface area contributed by atoms with Gasteiger partial charge >= 0.3 is 0 Å². The van der Waals surface area contributed by atoms with Crippen molar-refractivity contribution in [3.05, 3.63) is 0 Å². The Hall–Kier alpha value is -0.0400. The highest BCUT2D eigenvalue weighted by Crippen LogP contribution is 2.22. The Labute approximate surface area is 110 Å². The predicted octanol–water partition coefficient (Wildman–Crippen LogP) is 5.28. The largest absolute Gasteiger partial charge is 0.328 e. The van der Waals surface area contributed by atoms with Crippen LogP contribution in [0, 0.1) is 5.41 Å². The van der Waals surface area contributed by atoms with Gasteiger partial charge in [0.05, 0.1) is 0 Å². The van der Waals surface area contributed by atoms with E-state index in [0.717, 1.165) is 0 Å². The van der Waals surface area contributed by atoms with E-state index in [4.69, 9.17) is 5.73 Å². The zero-order chi connectivity index (χ0) is 13.1. The van der Waals surface area contributed by atoms with E-state index in [1.165, 1.54) is 64.2 Å². The number of hydrogen-bond acceptors (Lipinski definition) is 1. The minimum Gasteiger partial charge on any atom is -0.328 e. The fourth-order valence-electron chi connectivity index (χ4n) is 2.23. The molecule has 2 N–H and O–H groups in total. The SMILES string of the molecule is CCCCCCCCC(N)CCCC(C)(C)C. The number of nitrogens with two attached hydrogens (primary N) is 1. The highest BCUT2D eigenvalue weighted by atomic mass is 14.6. The Balaban J connectivity index is 3.26. The first-order chi connectivity index (χ1) is 7.95. The zero-order valence-electron chi connectivity index (χ0n) is 12.7. The van der Waals surface area contributed by atoms with Gasteiger partial charge in [-0.25, -0.2) is 0 Å². The summed E-state index contributed by atoms with van der Waals surface area (Å²) < 4.78 is 0. The van der Waals surface area contributed by atoms with Crippen molar-refractivity contribution in [2.24, 2.45) is 11.1 Å². The summed E-state index contributed by atoms with van der Waals surface area (Å²) in [4.78, 5) is 0. The molecule has 0 aromatic carbocycles. The van der Waals surface area contributed by atoms with Crippen LogP contribution in [0.15, 0.2) is 0 Å². The summed E-state index contributed by atoms with van der Waals surface area (Å²) in [6, 6.07) is 0.448. The first-order valence-corrected chi connectivity index (χ1v) is 7.71. The number of hydrogen-bond donors (Lipinski definition) is 1. The van der Waals surface area contributed by atoms with E-state index in [1.54, 1.807) is 0 Å². The van der Waals surface area contributed by atoms with Gasteiger partial charge in [-0.2, -0.15) is 0 Å². The maximum Gasteiger partial charge on any atom is 0.00388 e. The third-order valence-corrected chi connectivity index (χ3v) is 3.43. The van der Waals surface area contributed by atoms with Crippen LogP contribution in [0.2, 0.25) is 0 Å². The molecule has 0 heterocycles. The van der Waals surface area contributed by atoms with E-state index in [9.17, 15) is 0 Å². The standard InChI is InChI=1S/C16H35N/c1-5-6-7-8-9-10-12-15(17)13-11-14-16(2,3)4/h15H,5-14,17H2,1-4H3. The van der Waals surface area contributed by atoms with Gasteiger partial charge in [-0.1, -0.05) is 72.6 Å². The van der Waals surface area contributed by atoms with Crippen molar-refractivity contribution >= 4 is 0 Å². The molecule has 0 amide bonds. The Bertz CT molecular complexity index is 157. The lowest BCUT2D eigenvalue weighted by Gasteiger charge is -2.19. The van der Waals surface area contributed by atoms with Gasteiger partial charge < -0.3 is 5.73 Å². The molecule has 0 saturated carbocycles. The topological polar surface area (TPSA) is 26.0 Å². The van der Waals surface area contributed by atoms with Gasteiger partial charge in [0.15, 0.2) is 0 Å². The summed E-state index contributed by atoms with van der Waals surface area (Å²) in [5.74, 6) is 0. The molecule has 17 heavy (non-hydrogen) atoms. The zero-order valence-corrected chi connectivity index (χ0v) is 12.7. The molecule has 0 aliphatic carbocycles. The minimum absolute atomic E-state index is 0.448. The van der Waals surface area contributed by atoms with Crippen LogP contribution >= 0.6 is 0 Å².